The highest BCUT2D eigenvalue weighted by Gasteiger charge is 2.49. The fourth-order valence-corrected chi connectivity index (χ4v) is 3.21. The summed E-state index contributed by atoms with van der Waals surface area (Å²) < 4.78 is 62.2. The number of aromatic nitrogens is 1. The molecule has 3 rings (SSSR count). The molecule has 1 aromatic heterocycles. The molecule has 1 N–H and O–H groups in total. The van der Waals surface area contributed by atoms with E-state index in [0.29, 0.717) is 5.56 Å². The average molecular weight is 432 g/mol. The van der Waals surface area contributed by atoms with Crippen molar-refractivity contribution in [1.82, 2.24) is 10.3 Å². The Morgan fingerprint density at radius 3 is 1.94 bits per heavy atom. The van der Waals surface area contributed by atoms with Crippen LogP contribution < -0.4 is 5.32 Å². The van der Waals surface area contributed by atoms with Gasteiger partial charge in [0, 0.05) is 12.0 Å². The van der Waals surface area contributed by atoms with Crippen LogP contribution in [0.2, 0.25) is 0 Å². The van der Waals surface area contributed by atoms with Gasteiger partial charge < -0.3 is 10.1 Å². The molecule has 3 aromatic rings. The van der Waals surface area contributed by atoms with Gasteiger partial charge in [0.15, 0.2) is 17.2 Å². The number of hydrogen-bond donors (Lipinski definition) is 1. The normalized spacial score (nSPS) is 12.7. The topological polar surface area (TPSA) is 68.3 Å². The Hall–Kier alpha value is -3.75. The molecule has 0 aliphatic heterocycles. The molecule has 31 heavy (non-hydrogen) atoms. The summed E-state index contributed by atoms with van der Waals surface area (Å²) in [5.74, 6) is -10.0. The van der Waals surface area contributed by atoms with Crippen LogP contribution in [0.1, 0.15) is 21.5 Å². The lowest BCUT2D eigenvalue weighted by molar-refractivity contribution is -0.149. The van der Waals surface area contributed by atoms with E-state index in [9.17, 15) is 27.2 Å². The van der Waals surface area contributed by atoms with Crippen LogP contribution in [0.5, 0.6) is 0 Å². The molecule has 0 unspecified atom stereocenters. The minimum Gasteiger partial charge on any atom is -0.467 e. The number of nitrogens with zero attached hydrogens (tertiary/aromatic N) is 1. The van der Waals surface area contributed by atoms with Gasteiger partial charge >= 0.3 is 5.97 Å². The fraction of sp³-hybridized carbons (Fsp3) is 0.136. The standard InChI is InChI=1S/C22H16F4N2O3/c1-31-21(30)22(12-13-8-4-2-5-9-13,28-20(29)14-10-6-3-7-11-14)15-16(23)18(25)27-19(26)17(15)24/h2-11H,12H2,1H3,(H,28,29)/t22-/m1/s1. The third-order valence-corrected chi connectivity index (χ3v) is 4.63. The van der Waals surface area contributed by atoms with Crippen LogP contribution in [-0.2, 0) is 21.5 Å². The summed E-state index contributed by atoms with van der Waals surface area (Å²) in [5, 5.41) is 2.24. The van der Waals surface area contributed by atoms with Crippen molar-refractivity contribution in [3.63, 3.8) is 0 Å². The van der Waals surface area contributed by atoms with Crippen molar-refractivity contribution < 1.29 is 31.9 Å². The molecular formula is C22H16F4N2O3. The summed E-state index contributed by atoms with van der Waals surface area (Å²) in [6.45, 7) is 0. The number of esters is 1. The number of ether oxygens (including phenoxy) is 1. The van der Waals surface area contributed by atoms with Crippen molar-refractivity contribution in [3.05, 3.63) is 101 Å². The molecule has 1 amide bonds. The lowest BCUT2D eigenvalue weighted by Gasteiger charge is -2.33. The molecule has 0 bridgehead atoms. The van der Waals surface area contributed by atoms with Crippen LogP contribution in [0.25, 0.3) is 0 Å². The van der Waals surface area contributed by atoms with E-state index in [1.54, 1.807) is 24.3 Å². The van der Waals surface area contributed by atoms with Gasteiger partial charge in [-0.25, -0.2) is 13.6 Å². The zero-order valence-corrected chi connectivity index (χ0v) is 16.2. The zero-order valence-electron chi connectivity index (χ0n) is 16.2. The van der Waals surface area contributed by atoms with Gasteiger partial charge in [0.05, 0.1) is 12.7 Å². The maximum Gasteiger partial charge on any atom is 0.336 e. The molecule has 9 heteroatoms. The van der Waals surface area contributed by atoms with Crippen LogP contribution in [-0.4, -0.2) is 24.0 Å². The summed E-state index contributed by atoms with van der Waals surface area (Å²) in [6.07, 6.45) is -0.560. The van der Waals surface area contributed by atoms with Crippen molar-refractivity contribution in [2.75, 3.05) is 7.11 Å². The average Bonchev–Trinajstić information content (AvgIpc) is 2.78. The first-order valence-electron chi connectivity index (χ1n) is 9.00. The van der Waals surface area contributed by atoms with E-state index in [4.69, 9.17) is 4.74 Å². The second-order valence-electron chi connectivity index (χ2n) is 6.58. The van der Waals surface area contributed by atoms with Gasteiger partial charge in [0.2, 0.25) is 0 Å². The first-order chi connectivity index (χ1) is 14.8. The Bertz CT molecular complexity index is 1080. The SMILES string of the molecule is COC(=O)[C@](Cc1ccccc1)(NC(=O)c1ccccc1)c1c(F)c(F)nc(F)c1F. The minimum atomic E-state index is -2.64. The van der Waals surface area contributed by atoms with Gasteiger partial charge in [-0.2, -0.15) is 13.8 Å². The maximum atomic E-state index is 14.8. The van der Waals surface area contributed by atoms with Crippen LogP contribution in [0.4, 0.5) is 17.6 Å². The van der Waals surface area contributed by atoms with Crippen LogP contribution in [0, 0.1) is 23.5 Å². The fourth-order valence-electron chi connectivity index (χ4n) is 3.21. The molecule has 5 nitrogen and oxygen atoms in total. The molecule has 0 aliphatic carbocycles. The van der Waals surface area contributed by atoms with E-state index in [0.717, 1.165) is 7.11 Å². The summed E-state index contributed by atoms with van der Waals surface area (Å²) in [4.78, 5) is 28.3. The Labute approximate surface area is 174 Å². The van der Waals surface area contributed by atoms with Crippen molar-refractivity contribution in [2.45, 2.75) is 12.0 Å². The summed E-state index contributed by atoms with van der Waals surface area (Å²) in [6, 6.07) is 15.3. The van der Waals surface area contributed by atoms with Crippen molar-refractivity contribution in [3.8, 4) is 0 Å². The van der Waals surface area contributed by atoms with Gasteiger partial charge in [-0.1, -0.05) is 48.5 Å². The van der Waals surface area contributed by atoms with E-state index in [2.05, 4.69) is 10.3 Å². The molecule has 0 spiro atoms. The van der Waals surface area contributed by atoms with E-state index >= 15 is 0 Å². The molecule has 0 fully saturated rings. The van der Waals surface area contributed by atoms with E-state index in [1.165, 1.54) is 36.4 Å². The van der Waals surface area contributed by atoms with Gasteiger partial charge in [0.1, 0.15) is 0 Å². The summed E-state index contributed by atoms with van der Waals surface area (Å²) in [7, 11) is 0.917. The number of methoxy groups -OCH3 is 1. The van der Waals surface area contributed by atoms with Gasteiger partial charge in [-0.15, -0.1) is 0 Å². The Morgan fingerprint density at radius 2 is 1.42 bits per heavy atom. The minimum absolute atomic E-state index is 0.0413. The Morgan fingerprint density at radius 1 is 0.903 bits per heavy atom. The van der Waals surface area contributed by atoms with E-state index in [-0.39, 0.29) is 5.56 Å². The highest BCUT2D eigenvalue weighted by atomic mass is 19.2. The Balaban J connectivity index is 2.28. The first kappa shape index (κ1) is 21.9. The number of halogens is 4. The lowest BCUT2D eigenvalue weighted by Crippen LogP contribution is -2.55. The van der Waals surface area contributed by atoms with Gasteiger partial charge in [0.25, 0.3) is 17.8 Å². The van der Waals surface area contributed by atoms with Crippen molar-refractivity contribution in [2.24, 2.45) is 0 Å². The number of carbonyl (C=O) groups excluding carboxylic acids is 2. The lowest BCUT2D eigenvalue weighted by atomic mass is 9.82. The number of nitrogens with one attached hydrogen (secondary N) is 1. The van der Waals surface area contributed by atoms with Crippen molar-refractivity contribution in [1.29, 1.82) is 0 Å². The highest BCUT2D eigenvalue weighted by molar-refractivity contribution is 5.98. The van der Waals surface area contributed by atoms with Gasteiger partial charge in [-0.05, 0) is 17.7 Å². The second-order valence-corrected chi connectivity index (χ2v) is 6.58. The first-order valence-corrected chi connectivity index (χ1v) is 9.00. The molecule has 0 saturated carbocycles. The number of pyridine rings is 1. The number of benzene rings is 2. The third kappa shape index (κ3) is 4.25. The predicted octanol–water partition coefficient (Wildman–Crippen LogP) is 3.68. The van der Waals surface area contributed by atoms with E-state index < -0.39 is 52.9 Å². The third-order valence-electron chi connectivity index (χ3n) is 4.63. The monoisotopic (exact) mass is 432 g/mol. The number of amides is 1. The van der Waals surface area contributed by atoms with Crippen LogP contribution >= 0.6 is 0 Å². The molecule has 2 aromatic carbocycles. The largest absolute Gasteiger partial charge is 0.467 e. The molecule has 1 heterocycles. The molecule has 0 aliphatic rings. The van der Waals surface area contributed by atoms with Gasteiger partial charge in [-0.3, -0.25) is 4.79 Å². The maximum absolute atomic E-state index is 14.8. The smallest absolute Gasteiger partial charge is 0.336 e. The number of carbonyl (C=O) groups is 2. The highest BCUT2D eigenvalue weighted by Crippen LogP contribution is 2.34. The summed E-state index contributed by atoms with van der Waals surface area (Å²) >= 11 is 0. The van der Waals surface area contributed by atoms with E-state index in [1.807, 2.05) is 0 Å². The van der Waals surface area contributed by atoms with Crippen LogP contribution in [0.3, 0.4) is 0 Å². The predicted molar refractivity (Wildman–Crippen MR) is 102 cm³/mol. The molecule has 160 valence electrons. The quantitative estimate of drug-likeness (QED) is 0.367. The molecular weight excluding hydrogens is 416 g/mol. The molecule has 0 radical (unpaired) electrons. The molecule has 0 saturated heterocycles. The number of rotatable bonds is 6. The number of hydrogen-bond acceptors (Lipinski definition) is 4. The zero-order chi connectivity index (χ0) is 22.6. The Kier molecular flexibility index (Phi) is 6.33. The molecule has 1 atom stereocenters. The van der Waals surface area contributed by atoms with Crippen molar-refractivity contribution >= 4 is 11.9 Å². The summed E-state index contributed by atoms with van der Waals surface area (Å²) in [5.41, 5.74) is -3.61. The van der Waals surface area contributed by atoms with Crippen LogP contribution in [0.15, 0.2) is 60.7 Å². The second kappa shape index (κ2) is 8.95.